The highest BCUT2D eigenvalue weighted by Gasteiger charge is 2.32. The molecule has 0 radical (unpaired) electrons. The molecule has 5 amide bonds. The lowest BCUT2D eigenvalue weighted by atomic mass is 10.2. The third-order valence-corrected chi connectivity index (χ3v) is 3.52. The topological polar surface area (TPSA) is 191 Å². The van der Waals surface area contributed by atoms with E-state index in [1.54, 1.807) is 0 Å². The van der Waals surface area contributed by atoms with Crippen molar-refractivity contribution in [3.8, 4) is 0 Å². The van der Waals surface area contributed by atoms with Crippen LogP contribution >= 0.6 is 0 Å². The molecule has 2 atom stereocenters. The number of amides is 5. The first-order chi connectivity index (χ1) is 11.2. The number of carbonyl (C=O) groups excluding carboxylic acids is 5. The maximum Gasteiger partial charge on any atom is 0.242 e. The number of carbonyl (C=O) groups is 5. The Morgan fingerprint density at radius 3 is 2.33 bits per heavy atom. The van der Waals surface area contributed by atoms with Gasteiger partial charge >= 0.3 is 0 Å². The molecule has 0 saturated carbocycles. The van der Waals surface area contributed by atoms with Crippen LogP contribution in [-0.2, 0) is 24.0 Å². The first-order valence-corrected chi connectivity index (χ1v) is 7.39. The Morgan fingerprint density at radius 1 is 1.08 bits per heavy atom. The predicted octanol–water partition coefficient (Wildman–Crippen LogP) is -4.10. The van der Waals surface area contributed by atoms with Crippen molar-refractivity contribution < 1.29 is 24.0 Å². The van der Waals surface area contributed by atoms with Crippen LogP contribution in [0.15, 0.2) is 0 Å². The van der Waals surface area contributed by atoms with E-state index < -0.39 is 48.2 Å². The monoisotopic (exact) mass is 342 g/mol. The lowest BCUT2D eigenvalue weighted by Gasteiger charge is -2.22. The van der Waals surface area contributed by atoms with Crippen molar-refractivity contribution in [2.75, 3.05) is 19.6 Å². The van der Waals surface area contributed by atoms with E-state index in [2.05, 4.69) is 10.6 Å². The fraction of sp³-hybridized carbons (Fsp3) is 0.615. The van der Waals surface area contributed by atoms with Crippen LogP contribution < -0.4 is 27.8 Å². The highest BCUT2D eigenvalue weighted by atomic mass is 16.2. The number of hydrogen-bond acceptors (Lipinski definition) is 6. The van der Waals surface area contributed by atoms with E-state index >= 15 is 0 Å². The number of nitrogens with two attached hydrogens (primary N) is 3. The van der Waals surface area contributed by atoms with Gasteiger partial charge in [0.15, 0.2) is 0 Å². The Bertz CT molecular complexity index is 537. The average Bonchev–Trinajstić information content (AvgIpc) is 2.99. The zero-order valence-electron chi connectivity index (χ0n) is 13.1. The van der Waals surface area contributed by atoms with E-state index in [0.717, 1.165) is 0 Å². The lowest BCUT2D eigenvalue weighted by Crippen LogP contribution is -2.49. The number of rotatable bonds is 8. The van der Waals surface area contributed by atoms with E-state index in [1.165, 1.54) is 4.90 Å². The molecule has 0 aromatic carbocycles. The van der Waals surface area contributed by atoms with Gasteiger partial charge in [-0.25, -0.2) is 0 Å². The Morgan fingerprint density at radius 2 is 1.75 bits per heavy atom. The molecule has 1 rings (SSSR count). The molecule has 1 saturated heterocycles. The van der Waals surface area contributed by atoms with E-state index in [-0.39, 0.29) is 13.0 Å². The second kappa shape index (κ2) is 8.82. The van der Waals surface area contributed by atoms with Gasteiger partial charge < -0.3 is 32.7 Å². The normalized spacial score (nSPS) is 17.9. The van der Waals surface area contributed by atoms with E-state index in [0.29, 0.717) is 19.4 Å². The molecule has 1 aliphatic rings. The molecule has 0 spiro atoms. The number of primary amides is 2. The van der Waals surface area contributed by atoms with Gasteiger partial charge in [-0.1, -0.05) is 0 Å². The van der Waals surface area contributed by atoms with Crippen LogP contribution in [0.2, 0.25) is 0 Å². The summed E-state index contributed by atoms with van der Waals surface area (Å²) in [6.45, 7) is -0.315. The van der Waals surface area contributed by atoms with Crippen molar-refractivity contribution in [1.29, 1.82) is 0 Å². The van der Waals surface area contributed by atoms with Crippen LogP contribution in [0.1, 0.15) is 19.3 Å². The first-order valence-electron chi connectivity index (χ1n) is 7.39. The van der Waals surface area contributed by atoms with E-state index in [9.17, 15) is 24.0 Å². The minimum Gasteiger partial charge on any atom is -0.370 e. The highest BCUT2D eigenvalue weighted by Crippen LogP contribution is 2.16. The predicted molar refractivity (Wildman–Crippen MR) is 81.7 cm³/mol. The Hall–Kier alpha value is -2.69. The molecule has 1 heterocycles. The highest BCUT2D eigenvalue weighted by molar-refractivity contribution is 5.92. The number of nitrogens with zero attached hydrogens (tertiary/aromatic N) is 1. The molecule has 0 aromatic heterocycles. The number of likely N-dealkylation sites (tertiary alicyclic amines) is 1. The molecule has 0 aliphatic carbocycles. The van der Waals surface area contributed by atoms with Crippen LogP contribution in [0.5, 0.6) is 0 Å². The van der Waals surface area contributed by atoms with Crippen LogP contribution in [0.25, 0.3) is 0 Å². The molecule has 134 valence electrons. The zero-order valence-corrected chi connectivity index (χ0v) is 13.1. The minimum absolute atomic E-state index is 0.314. The summed E-state index contributed by atoms with van der Waals surface area (Å²) in [4.78, 5) is 58.3. The second-order valence-corrected chi connectivity index (χ2v) is 5.42. The SMILES string of the molecule is NC(=O)C[C@H](N)C(=O)NCC(=O)NCC(=O)N1CCC[C@H]1C(N)=O. The van der Waals surface area contributed by atoms with Gasteiger partial charge in [0.1, 0.15) is 6.04 Å². The van der Waals surface area contributed by atoms with Gasteiger partial charge in [0.2, 0.25) is 29.5 Å². The molecule has 11 nitrogen and oxygen atoms in total. The standard InChI is InChI=1S/C13H22N6O5/c14-7(4-9(15)20)13(24)18-5-10(21)17-6-11(22)19-3-1-2-8(19)12(16)23/h7-8H,1-6,14H2,(H2,15,20)(H2,16,23)(H,17,21)(H,18,24)/t7-,8-/m0/s1. The van der Waals surface area contributed by atoms with Crippen molar-refractivity contribution in [2.45, 2.75) is 31.3 Å². The fourth-order valence-corrected chi connectivity index (χ4v) is 2.31. The summed E-state index contributed by atoms with van der Waals surface area (Å²) in [5, 5.41) is 4.55. The summed E-state index contributed by atoms with van der Waals surface area (Å²) in [7, 11) is 0. The van der Waals surface area contributed by atoms with Gasteiger partial charge in [0, 0.05) is 6.54 Å². The van der Waals surface area contributed by atoms with Crippen molar-refractivity contribution >= 4 is 29.5 Å². The van der Waals surface area contributed by atoms with Crippen molar-refractivity contribution in [1.82, 2.24) is 15.5 Å². The summed E-state index contributed by atoms with van der Waals surface area (Å²) >= 11 is 0. The summed E-state index contributed by atoms with van der Waals surface area (Å²) in [5.74, 6) is -3.06. The summed E-state index contributed by atoms with van der Waals surface area (Å²) in [5.41, 5.74) is 15.5. The van der Waals surface area contributed by atoms with Gasteiger partial charge in [-0.05, 0) is 12.8 Å². The Kier molecular flexibility index (Phi) is 7.11. The Labute approximate surface area is 138 Å². The first kappa shape index (κ1) is 19.4. The van der Waals surface area contributed by atoms with Crippen LogP contribution in [-0.4, -0.2) is 66.2 Å². The molecule has 1 aliphatic heterocycles. The maximum atomic E-state index is 12.0. The molecule has 0 aromatic rings. The second-order valence-electron chi connectivity index (χ2n) is 5.42. The minimum atomic E-state index is -1.14. The largest absolute Gasteiger partial charge is 0.370 e. The third-order valence-electron chi connectivity index (χ3n) is 3.52. The average molecular weight is 342 g/mol. The maximum absolute atomic E-state index is 12.0. The summed E-state index contributed by atoms with van der Waals surface area (Å²) in [6.07, 6.45) is 0.833. The molecule has 8 N–H and O–H groups in total. The number of hydrogen-bond donors (Lipinski definition) is 5. The molecule has 24 heavy (non-hydrogen) atoms. The van der Waals surface area contributed by atoms with Crippen molar-refractivity contribution in [2.24, 2.45) is 17.2 Å². The Balaban J connectivity index is 2.33. The van der Waals surface area contributed by atoms with Gasteiger partial charge in [-0.2, -0.15) is 0 Å². The lowest BCUT2D eigenvalue weighted by molar-refractivity contribution is -0.137. The molecule has 11 heteroatoms. The van der Waals surface area contributed by atoms with Crippen LogP contribution in [0, 0.1) is 0 Å². The van der Waals surface area contributed by atoms with Gasteiger partial charge in [-0.15, -0.1) is 0 Å². The van der Waals surface area contributed by atoms with Crippen molar-refractivity contribution in [3.05, 3.63) is 0 Å². The van der Waals surface area contributed by atoms with Crippen LogP contribution in [0.4, 0.5) is 0 Å². The molecular weight excluding hydrogens is 320 g/mol. The zero-order chi connectivity index (χ0) is 18.3. The van der Waals surface area contributed by atoms with Gasteiger partial charge in [-0.3, -0.25) is 24.0 Å². The van der Waals surface area contributed by atoms with Crippen molar-refractivity contribution in [3.63, 3.8) is 0 Å². The quantitative estimate of drug-likeness (QED) is 0.297. The number of nitrogens with one attached hydrogen (secondary N) is 2. The molecule has 1 fully saturated rings. The molecular formula is C13H22N6O5. The van der Waals surface area contributed by atoms with Crippen LogP contribution in [0.3, 0.4) is 0 Å². The van der Waals surface area contributed by atoms with Gasteiger partial charge in [0.25, 0.3) is 0 Å². The summed E-state index contributed by atoms with van der Waals surface area (Å²) in [6, 6.07) is -1.79. The fourth-order valence-electron chi connectivity index (χ4n) is 2.31. The smallest absolute Gasteiger partial charge is 0.242 e. The van der Waals surface area contributed by atoms with E-state index in [4.69, 9.17) is 17.2 Å². The molecule has 0 unspecified atom stereocenters. The van der Waals surface area contributed by atoms with Gasteiger partial charge in [0.05, 0.1) is 25.6 Å². The molecule has 0 bridgehead atoms. The summed E-state index contributed by atoms with van der Waals surface area (Å²) < 4.78 is 0. The van der Waals surface area contributed by atoms with E-state index in [1.807, 2.05) is 0 Å². The third kappa shape index (κ3) is 5.83.